The lowest BCUT2D eigenvalue weighted by Gasteiger charge is -2.04. The minimum absolute atomic E-state index is 0.721. The third-order valence-corrected chi connectivity index (χ3v) is 4.09. The molecule has 4 heterocycles. The predicted octanol–water partition coefficient (Wildman–Crippen LogP) is 2.93. The number of fused-ring (bicyclic) bond motifs is 1. The number of pyridine rings is 2. The molecule has 7 nitrogen and oxygen atoms in total. The molecular weight excluding hydrogens is 310 g/mol. The average molecular weight is 323 g/mol. The number of nitrogens with zero attached hydrogens (tertiary/aromatic N) is 6. The standard InChI is InChI=1S/C15H13N7S/c1-9-20-21-15(23-9)19-14-4-3-12-13(18-14)5-10(6-16-12)11-7-17-22(2)8-11/h3-8H,1-2H3,(H,18,19,21). The van der Waals surface area contributed by atoms with Crippen molar-refractivity contribution in [3.63, 3.8) is 0 Å². The van der Waals surface area contributed by atoms with E-state index in [9.17, 15) is 0 Å². The minimum atomic E-state index is 0.721. The summed E-state index contributed by atoms with van der Waals surface area (Å²) in [6, 6.07) is 5.83. The van der Waals surface area contributed by atoms with Crippen molar-refractivity contribution in [3.8, 4) is 11.1 Å². The molecule has 4 aromatic heterocycles. The Bertz CT molecular complexity index is 988. The number of hydrogen-bond donors (Lipinski definition) is 1. The molecule has 4 aromatic rings. The van der Waals surface area contributed by atoms with Gasteiger partial charge in [-0.25, -0.2) is 4.98 Å². The van der Waals surface area contributed by atoms with Gasteiger partial charge in [0.25, 0.3) is 0 Å². The molecule has 0 fully saturated rings. The van der Waals surface area contributed by atoms with Crippen LogP contribution in [0.3, 0.4) is 0 Å². The average Bonchev–Trinajstić information content (AvgIpc) is 3.15. The van der Waals surface area contributed by atoms with Crippen LogP contribution in [-0.4, -0.2) is 29.9 Å². The van der Waals surface area contributed by atoms with Gasteiger partial charge in [-0.15, -0.1) is 10.2 Å². The molecule has 1 N–H and O–H groups in total. The van der Waals surface area contributed by atoms with Crippen LogP contribution in [0.5, 0.6) is 0 Å². The summed E-state index contributed by atoms with van der Waals surface area (Å²) in [4.78, 5) is 9.08. The highest BCUT2D eigenvalue weighted by atomic mass is 32.1. The van der Waals surface area contributed by atoms with Crippen molar-refractivity contribution >= 4 is 33.3 Å². The number of hydrogen-bond acceptors (Lipinski definition) is 7. The summed E-state index contributed by atoms with van der Waals surface area (Å²) in [5.41, 5.74) is 3.66. The molecule has 4 rings (SSSR count). The van der Waals surface area contributed by atoms with Crippen LogP contribution in [0.25, 0.3) is 22.2 Å². The zero-order valence-electron chi connectivity index (χ0n) is 12.6. The normalized spacial score (nSPS) is 11.0. The largest absolute Gasteiger partial charge is 0.315 e. The molecule has 0 saturated carbocycles. The van der Waals surface area contributed by atoms with Crippen molar-refractivity contribution in [3.05, 3.63) is 41.8 Å². The van der Waals surface area contributed by atoms with Crippen molar-refractivity contribution in [2.75, 3.05) is 5.32 Å². The monoisotopic (exact) mass is 323 g/mol. The van der Waals surface area contributed by atoms with Crippen molar-refractivity contribution in [1.82, 2.24) is 29.9 Å². The van der Waals surface area contributed by atoms with Crippen molar-refractivity contribution in [1.29, 1.82) is 0 Å². The molecule has 0 aliphatic heterocycles. The van der Waals surface area contributed by atoms with Gasteiger partial charge in [0, 0.05) is 30.6 Å². The van der Waals surface area contributed by atoms with E-state index in [1.165, 1.54) is 11.3 Å². The Hall–Kier alpha value is -2.87. The van der Waals surface area contributed by atoms with Crippen molar-refractivity contribution < 1.29 is 0 Å². The summed E-state index contributed by atoms with van der Waals surface area (Å²) >= 11 is 1.49. The first-order chi connectivity index (χ1) is 11.2. The zero-order chi connectivity index (χ0) is 15.8. The molecule has 0 bridgehead atoms. The number of aromatic nitrogens is 6. The smallest absolute Gasteiger partial charge is 0.211 e. The van der Waals surface area contributed by atoms with Crippen LogP contribution in [0.4, 0.5) is 10.9 Å². The van der Waals surface area contributed by atoms with Gasteiger partial charge < -0.3 is 5.32 Å². The van der Waals surface area contributed by atoms with E-state index in [0.717, 1.165) is 38.1 Å². The molecule has 0 radical (unpaired) electrons. The highest BCUT2D eigenvalue weighted by molar-refractivity contribution is 7.15. The van der Waals surface area contributed by atoms with Gasteiger partial charge in [0.05, 0.1) is 17.2 Å². The van der Waals surface area contributed by atoms with Crippen molar-refractivity contribution in [2.45, 2.75) is 6.92 Å². The topological polar surface area (TPSA) is 81.4 Å². The summed E-state index contributed by atoms with van der Waals surface area (Å²) < 4.78 is 1.77. The van der Waals surface area contributed by atoms with Gasteiger partial charge in [0.15, 0.2) is 0 Å². The first-order valence-corrected chi connectivity index (χ1v) is 7.82. The first kappa shape index (κ1) is 13.8. The number of anilines is 2. The Balaban J connectivity index is 1.71. The summed E-state index contributed by atoms with van der Waals surface area (Å²) in [7, 11) is 1.89. The second kappa shape index (κ2) is 5.40. The highest BCUT2D eigenvalue weighted by Gasteiger charge is 2.06. The molecule has 0 amide bonds. The quantitative estimate of drug-likeness (QED) is 0.624. The van der Waals surface area contributed by atoms with Gasteiger partial charge in [-0.2, -0.15) is 5.10 Å². The number of aryl methyl sites for hydroxylation is 2. The van der Waals surface area contributed by atoms with Gasteiger partial charge in [0.1, 0.15) is 10.8 Å². The number of rotatable bonds is 3. The third-order valence-electron chi connectivity index (χ3n) is 3.34. The van der Waals surface area contributed by atoms with Gasteiger partial charge in [-0.3, -0.25) is 9.67 Å². The molecule has 114 valence electrons. The molecule has 8 heteroatoms. The predicted molar refractivity (Wildman–Crippen MR) is 89.7 cm³/mol. The molecule has 0 saturated heterocycles. The lowest BCUT2D eigenvalue weighted by atomic mass is 10.1. The van der Waals surface area contributed by atoms with Crippen LogP contribution in [0.15, 0.2) is 36.8 Å². The number of nitrogens with one attached hydrogen (secondary N) is 1. The fourth-order valence-corrected chi connectivity index (χ4v) is 2.86. The van der Waals surface area contributed by atoms with E-state index in [1.54, 1.807) is 4.68 Å². The summed E-state index contributed by atoms with van der Waals surface area (Å²) in [6.45, 7) is 1.92. The molecule has 0 atom stereocenters. The summed E-state index contributed by atoms with van der Waals surface area (Å²) in [5, 5.41) is 17.0. The molecule has 23 heavy (non-hydrogen) atoms. The first-order valence-electron chi connectivity index (χ1n) is 7.00. The third kappa shape index (κ3) is 2.76. The van der Waals surface area contributed by atoms with Gasteiger partial charge in [0.2, 0.25) is 5.13 Å². The maximum atomic E-state index is 4.61. The fourth-order valence-electron chi connectivity index (χ4n) is 2.26. The Labute approximate surface area is 136 Å². The van der Waals surface area contributed by atoms with Crippen LogP contribution < -0.4 is 5.32 Å². The van der Waals surface area contributed by atoms with E-state index in [4.69, 9.17) is 0 Å². The Morgan fingerprint density at radius 1 is 1.09 bits per heavy atom. The van der Waals surface area contributed by atoms with Crippen LogP contribution in [0, 0.1) is 6.92 Å². The van der Waals surface area contributed by atoms with Crippen LogP contribution >= 0.6 is 11.3 Å². The van der Waals surface area contributed by atoms with Crippen LogP contribution in [0.1, 0.15) is 5.01 Å². The second-order valence-electron chi connectivity index (χ2n) is 5.11. The molecule has 0 spiro atoms. The second-order valence-corrected chi connectivity index (χ2v) is 6.29. The van der Waals surface area contributed by atoms with E-state index in [0.29, 0.717) is 0 Å². The lowest BCUT2D eigenvalue weighted by molar-refractivity contribution is 0.768. The zero-order valence-corrected chi connectivity index (χ0v) is 13.4. The fraction of sp³-hybridized carbons (Fsp3) is 0.133. The Morgan fingerprint density at radius 3 is 2.74 bits per heavy atom. The maximum Gasteiger partial charge on any atom is 0.211 e. The van der Waals surface area contributed by atoms with E-state index in [2.05, 4.69) is 30.6 Å². The van der Waals surface area contributed by atoms with E-state index >= 15 is 0 Å². The van der Waals surface area contributed by atoms with Crippen molar-refractivity contribution in [2.24, 2.45) is 7.05 Å². The van der Waals surface area contributed by atoms with Crippen LogP contribution in [0.2, 0.25) is 0 Å². The summed E-state index contributed by atoms with van der Waals surface area (Å²) in [5.74, 6) is 0.721. The van der Waals surface area contributed by atoms with Gasteiger partial charge in [-0.1, -0.05) is 11.3 Å². The Kier molecular flexibility index (Phi) is 3.23. The van der Waals surface area contributed by atoms with Gasteiger partial charge in [-0.05, 0) is 25.1 Å². The summed E-state index contributed by atoms with van der Waals surface area (Å²) in [6.07, 6.45) is 5.60. The molecule has 0 unspecified atom stereocenters. The maximum absolute atomic E-state index is 4.61. The molecule has 0 aromatic carbocycles. The van der Waals surface area contributed by atoms with E-state index in [-0.39, 0.29) is 0 Å². The van der Waals surface area contributed by atoms with Crippen LogP contribution in [-0.2, 0) is 7.05 Å². The minimum Gasteiger partial charge on any atom is -0.315 e. The SMILES string of the molecule is Cc1nnc(Nc2ccc3ncc(-c4cnn(C)c4)cc3n2)s1. The molecular formula is C15H13N7S. The van der Waals surface area contributed by atoms with E-state index < -0.39 is 0 Å². The Morgan fingerprint density at radius 2 is 2.00 bits per heavy atom. The molecule has 0 aliphatic rings. The molecule has 0 aliphatic carbocycles. The van der Waals surface area contributed by atoms with E-state index in [1.807, 2.05) is 50.8 Å². The lowest BCUT2D eigenvalue weighted by Crippen LogP contribution is -1.94. The highest BCUT2D eigenvalue weighted by Crippen LogP contribution is 2.24. The van der Waals surface area contributed by atoms with Gasteiger partial charge >= 0.3 is 0 Å².